The van der Waals surface area contributed by atoms with Gasteiger partial charge in [0, 0.05) is 40.0 Å². The molecular weight excluding hydrogens is 391 g/mol. The SMILES string of the molecule is CC1=C(C(=O)Nc2cccc(F)c2)[C@@H](c2ccccc2Cl)[C@H]2C(=O)CCCC2=N1. The number of fused-ring (bicyclic) bond motifs is 1. The highest BCUT2D eigenvalue weighted by molar-refractivity contribution is 6.31. The zero-order valence-electron chi connectivity index (χ0n) is 15.9. The maximum Gasteiger partial charge on any atom is 0.254 e. The van der Waals surface area contributed by atoms with Crippen molar-refractivity contribution in [3.05, 3.63) is 76.2 Å². The van der Waals surface area contributed by atoms with Crippen LogP contribution in [0.25, 0.3) is 0 Å². The second-order valence-corrected chi connectivity index (χ2v) is 7.77. The molecule has 1 saturated carbocycles. The summed E-state index contributed by atoms with van der Waals surface area (Å²) in [5.41, 5.74) is 2.84. The number of allylic oxidation sites excluding steroid dienone is 1. The maximum atomic E-state index is 13.6. The Balaban J connectivity index is 1.81. The highest BCUT2D eigenvalue weighted by atomic mass is 35.5. The van der Waals surface area contributed by atoms with Gasteiger partial charge in [-0.3, -0.25) is 14.6 Å². The molecular formula is C23H20ClFN2O2. The predicted molar refractivity (Wildman–Crippen MR) is 112 cm³/mol. The van der Waals surface area contributed by atoms with Crippen LogP contribution in [0.4, 0.5) is 10.1 Å². The summed E-state index contributed by atoms with van der Waals surface area (Å²) < 4.78 is 13.6. The molecule has 29 heavy (non-hydrogen) atoms. The molecule has 4 rings (SSSR count). The molecule has 2 atom stereocenters. The number of hydrogen-bond donors (Lipinski definition) is 1. The molecule has 1 N–H and O–H groups in total. The maximum absolute atomic E-state index is 13.6. The van der Waals surface area contributed by atoms with Crippen molar-refractivity contribution < 1.29 is 14.0 Å². The Morgan fingerprint density at radius 1 is 1.14 bits per heavy atom. The molecule has 4 nitrogen and oxygen atoms in total. The third kappa shape index (κ3) is 3.75. The van der Waals surface area contributed by atoms with E-state index in [0.717, 1.165) is 24.1 Å². The lowest BCUT2D eigenvalue weighted by Crippen LogP contribution is -2.39. The first-order chi connectivity index (χ1) is 14.0. The molecule has 2 aromatic carbocycles. The third-order valence-corrected chi connectivity index (χ3v) is 5.82. The van der Waals surface area contributed by atoms with Crippen molar-refractivity contribution in [2.45, 2.75) is 32.1 Å². The Hall–Kier alpha value is -2.79. The van der Waals surface area contributed by atoms with Crippen LogP contribution in [-0.2, 0) is 9.59 Å². The van der Waals surface area contributed by atoms with Gasteiger partial charge in [-0.15, -0.1) is 0 Å². The lowest BCUT2D eigenvalue weighted by atomic mass is 9.69. The Morgan fingerprint density at radius 3 is 2.69 bits per heavy atom. The van der Waals surface area contributed by atoms with Crippen LogP contribution in [0.15, 0.2) is 64.8 Å². The Labute approximate surface area is 173 Å². The van der Waals surface area contributed by atoms with Gasteiger partial charge >= 0.3 is 0 Å². The normalized spacial score (nSPS) is 21.5. The van der Waals surface area contributed by atoms with Gasteiger partial charge in [-0.2, -0.15) is 0 Å². The van der Waals surface area contributed by atoms with Crippen molar-refractivity contribution in [3.63, 3.8) is 0 Å². The van der Waals surface area contributed by atoms with E-state index in [4.69, 9.17) is 11.6 Å². The number of ketones is 1. The van der Waals surface area contributed by atoms with Crippen LogP contribution >= 0.6 is 11.6 Å². The van der Waals surface area contributed by atoms with Crippen LogP contribution < -0.4 is 5.32 Å². The fourth-order valence-corrected chi connectivity index (χ4v) is 4.50. The number of nitrogens with zero attached hydrogens (tertiary/aromatic N) is 1. The molecule has 2 aromatic rings. The standard InChI is InChI=1S/C23H20ClFN2O2/c1-13-20(23(29)27-15-7-4-6-14(25)12-15)21(16-8-2-3-9-17(16)24)22-18(26-13)10-5-11-19(22)28/h2-4,6-9,12,21-22H,5,10-11H2,1H3,(H,27,29)/t21-,22-/m1/s1. The van der Waals surface area contributed by atoms with Crippen LogP contribution in [0, 0.1) is 11.7 Å². The van der Waals surface area contributed by atoms with Crippen LogP contribution in [0.1, 0.15) is 37.7 Å². The zero-order valence-corrected chi connectivity index (χ0v) is 16.7. The fraction of sp³-hybridized carbons (Fsp3) is 0.261. The summed E-state index contributed by atoms with van der Waals surface area (Å²) in [6.45, 7) is 1.77. The van der Waals surface area contributed by atoms with Gasteiger partial charge in [-0.1, -0.05) is 35.9 Å². The average molecular weight is 411 g/mol. The van der Waals surface area contributed by atoms with Crippen molar-refractivity contribution in [1.82, 2.24) is 0 Å². The molecule has 1 heterocycles. The van der Waals surface area contributed by atoms with Gasteiger partial charge < -0.3 is 5.32 Å². The van der Waals surface area contributed by atoms with Crippen molar-refractivity contribution in [3.8, 4) is 0 Å². The molecule has 0 saturated heterocycles. The van der Waals surface area contributed by atoms with E-state index >= 15 is 0 Å². The smallest absolute Gasteiger partial charge is 0.254 e. The van der Waals surface area contributed by atoms with Crippen molar-refractivity contribution in [1.29, 1.82) is 0 Å². The molecule has 0 radical (unpaired) electrons. The van der Waals surface area contributed by atoms with Gasteiger partial charge in [0.1, 0.15) is 11.6 Å². The Kier molecular flexibility index (Phi) is 5.33. The summed E-state index contributed by atoms with van der Waals surface area (Å²) in [6, 6.07) is 13.0. The van der Waals surface area contributed by atoms with Crippen LogP contribution in [0.2, 0.25) is 5.02 Å². The number of halogens is 2. The minimum atomic E-state index is -0.516. The lowest BCUT2D eigenvalue weighted by molar-refractivity contribution is -0.122. The van der Waals surface area contributed by atoms with Gasteiger partial charge in [0.05, 0.1) is 5.92 Å². The van der Waals surface area contributed by atoms with E-state index in [1.807, 2.05) is 18.2 Å². The zero-order chi connectivity index (χ0) is 20.5. The summed E-state index contributed by atoms with van der Waals surface area (Å²) in [6.07, 6.45) is 1.96. The Bertz CT molecular complexity index is 1060. The largest absolute Gasteiger partial charge is 0.322 e. The summed E-state index contributed by atoms with van der Waals surface area (Å²) in [5, 5.41) is 3.25. The molecule has 6 heteroatoms. The molecule has 1 aliphatic carbocycles. The number of hydrogen-bond acceptors (Lipinski definition) is 3. The molecule has 1 fully saturated rings. The quantitative estimate of drug-likeness (QED) is 0.746. The molecule has 148 valence electrons. The van der Waals surface area contributed by atoms with Gasteiger partial charge in [-0.05, 0) is 49.6 Å². The summed E-state index contributed by atoms with van der Waals surface area (Å²) >= 11 is 6.48. The highest BCUT2D eigenvalue weighted by Gasteiger charge is 2.43. The minimum absolute atomic E-state index is 0.0727. The monoisotopic (exact) mass is 410 g/mol. The highest BCUT2D eigenvalue weighted by Crippen LogP contribution is 2.44. The number of rotatable bonds is 3. The van der Waals surface area contributed by atoms with Crippen LogP contribution in [-0.4, -0.2) is 17.4 Å². The van der Waals surface area contributed by atoms with E-state index in [1.54, 1.807) is 19.1 Å². The number of carbonyl (C=O) groups excluding carboxylic acids is 2. The van der Waals surface area contributed by atoms with Gasteiger partial charge in [0.25, 0.3) is 5.91 Å². The number of benzene rings is 2. The molecule has 2 aliphatic rings. The fourth-order valence-electron chi connectivity index (χ4n) is 4.24. The average Bonchev–Trinajstić information content (AvgIpc) is 2.67. The summed E-state index contributed by atoms with van der Waals surface area (Å²) in [5.74, 6) is -1.79. The van der Waals surface area contributed by atoms with E-state index < -0.39 is 23.6 Å². The van der Waals surface area contributed by atoms with Crippen molar-refractivity contribution in [2.75, 3.05) is 5.32 Å². The number of Topliss-reactive ketones (excluding diaryl/α,β-unsaturated/α-hetero) is 1. The topological polar surface area (TPSA) is 58.5 Å². The number of nitrogens with one attached hydrogen (secondary N) is 1. The van der Waals surface area contributed by atoms with Gasteiger partial charge in [0.2, 0.25) is 0 Å². The summed E-state index contributed by atoms with van der Waals surface area (Å²) in [4.78, 5) is 30.7. The Morgan fingerprint density at radius 2 is 1.93 bits per heavy atom. The van der Waals surface area contributed by atoms with E-state index in [0.29, 0.717) is 28.4 Å². The van der Waals surface area contributed by atoms with E-state index in [2.05, 4.69) is 10.3 Å². The molecule has 0 spiro atoms. The van der Waals surface area contributed by atoms with Crippen molar-refractivity contribution in [2.24, 2.45) is 10.9 Å². The second kappa shape index (κ2) is 7.91. The minimum Gasteiger partial charge on any atom is -0.322 e. The number of anilines is 1. The first kappa shape index (κ1) is 19.5. The van der Waals surface area contributed by atoms with Gasteiger partial charge in [-0.25, -0.2) is 4.39 Å². The third-order valence-electron chi connectivity index (χ3n) is 5.47. The predicted octanol–water partition coefficient (Wildman–Crippen LogP) is 5.30. The molecule has 1 amide bonds. The molecule has 1 aliphatic heterocycles. The van der Waals surface area contributed by atoms with E-state index in [9.17, 15) is 14.0 Å². The molecule has 0 unspecified atom stereocenters. The van der Waals surface area contributed by atoms with Crippen LogP contribution in [0.3, 0.4) is 0 Å². The lowest BCUT2D eigenvalue weighted by Gasteiger charge is -2.36. The number of carbonyl (C=O) groups is 2. The van der Waals surface area contributed by atoms with E-state index in [1.165, 1.54) is 18.2 Å². The van der Waals surface area contributed by atoms with Crippen molar-refractivity contribution >= 4 is 34.7 Å². The first-order valence-corrected chi connectivity index (χ1v) is 9.96. The van der Waals surface area contributed by atoms with Crippen LogP contribution in [0.5, 0.6) is 0 Å². The summed E-state index contributed by atoms with van der Waals surface area (Å²) in [7, 11) is 0. The van der Waals surface area contributed by atoms with Gasteiger partial charge in [0.15, 0.2) is 0 Å². The second-order valence-electron chi connectivity index (χ2n) is 7.36. The molecule has 0 aromatic heterocycles. The van der Waals surface area contributed by atoms with E-state index in [-0.39, 0.29) is 5.78 Å². The first-order valence-electron chi connectivity index (χ1n) is 9.58. The molecule has 0 bridgehead atoms. The number of aliphatic imine (C=N–C) groups is 1. The number of amides is 1.